The fourth-order valence-electron chi connectivity index (χ4n) is 4.00. The van der Waals surface area contributed by atoms with Gasteiger partial charge in [0.2, 0.25) is 0 Å². The average molecular weight is 420 g/mol. The Hall–Kier alpha value is -2.85. The maximum Gasteiger partial charge on any atom is 0.338 e. The molecule has 1 unspecified atom stereocenters. The lowest BCUT2D eigenvalue weighted by Gasteiger charge is -2.29. The fraction of sp³-hybridized carbons (Fsp3) is 0.370. The van der Waals surface area contributed by atoms with E-state index in [9.17, 15) is 4.79 Å². The monoisotopic (exact) mass is 419 g/mol. The van der Waals surface area contributed by atoms with Crippen molar-refractivity contribution in [1.29, 1.82) is 0 Å². The molecule has 3 rings (SSSR count). The second-order valence-electron chi connectivity index (χ2n) is 8.63. The summed E-state index contributed by atoms with van der Waals surface area (Å²) in [6, 6.07) is 15.9. The standard InChI is InChI=1S/C27H33NO3/c1-19(2)31-27(29)23-10-6-8-20(15-23)14-21-12-13-24(18-28(3)4)26(16-21)22-9-7-11-25(17-22)30-5/h6-11,14-17,19,24H,12-13,18H2,1-5H3/b21-14+. The van der Waals surface area contributed by atoms with Gasteiger partial charge in [0.1, 0.15) is 5.75 Å². The van der Waals surface area contributed by atoms with Gasteiger partial charge in [0.25, 0.3) is 0 Å². The lowest BCUT2D eigenvalue weighted by atomic mass is 9.81. The zero-order chi connectivity index (χ0) is 22.4. The summed E-state index contributed by atoms with van der Waals surface area (Å²) < 4.78 is 10.8. The highest BCUT2D eigenvalue weighted by atomic mass is 16.5. The van der Waals surface area contributed by atoms with Crippen LogP contribution in [0.15, 0.2) is 60.2 Å². The smallest absolute Gasteiger partial charge is 0.338 e. The molecule has 0 N–H and O–H groups in total. The highest BCUT2D eigenvalue weighted by Crippen LogP contribution is 2.37. The van der Waals surface area contributed by atoms with Crippen LogP contribution in [0.2, 0.25) is 0 Å². The molecule has 0 heterocycles. The van der Waals surface area contributed by atoms with Crippen LogP contribution in [0.25, 0.3) is 11.6 Å². The van der Waals surface area contributed by atoms with Crippen LogP contribution in [-0.2, 0) is 4.74 Å². The molecule has 4 heteroatoms. The van der Waals surface area contributed by atoms with Gasteiger partial charge < -0.3 is 14.4 Å². The van der Waals surface area contributed by atoms with Crippen molar-refractivity contribution in [3.8, 4) is 5.75 Å². The van der Waals surface area contributed by atoms with E-state index in [1.807, 2.05) is 44.2 Å². The lowest BCUT2D eigenvalue weighted by Crippen LogP contribution is -2.24. The van der Waals surface area contributed by atoms with Gasteiger partial charge in [0, 0.05) is 6.54 Å². The fourth-order valence-corrected chi connectivity index (χ4v) is 4.00. The van der Waals surface area contributed by atoms with Crippen LogP contribution in [0, 0.1) is 5.92 Å². The van der Waals surface area contributed by atoms with E-state index in [4.69, 9.17) is 9.47 Å². The molecule has 0 bridgehead atoms. The number of carbonyl (C=O) groups excluding carboxylic acids is 1. The minimum absolute atomic E-state index is 0.130. The Balaban J connectivity index is 1.94. The number of esters is 1. The van der Waals surface area contributed by atoms with E-state index in [-0.39, 0.29) is 12.1 Å². The van der Waals surface area contributed by atoms with E-state index in [1.54, 1.807) is 13.2 Å². The van der Waals surface area contributed by atoms with Gasteiger partial charge in [-0.15, -0.1) is 0 Å². The third kappa shape index (κ3) is 6.31. The van der Waals surface area contributed by atoms with Crippen molar-refractivity contribution in [3.05, 3.63) is 76.9 Å². The molecular formula is C27H33NO3. The van der Waals surface area contributed by atoms with Crippen LogP contribution in [0.1, 0.15) is 48.2 Å². The van der Waals surface area contributed by atoms with Gasteiger partial charge in [0.15, 0.2) is 0 Å². The van der Waals surface area contributed by atoms with Crippen LogP contribution in [-0.4, -0.2) is 44.7 Å². The molecule has 164 valence electrons. The van der Waals surface area contributed by atoms with Crippen molar-refractivity contribution in [3.63, 3.8) is 0 Å². The normalized spacial score (nSPS) is 17.7. The van der Waals surface area contributed by atoms with Crippen LogP contribution in [0.5, 0.6) is 5.75 Å². The molecular weight excluding hydrogens is 386 g/mol. The Morgan fingerprint density at radius 1 is 1.16 bits per heavy atom. The number of carbonyl (C=O) groups is 1. The zero-order valence-corrected chi connectivity index (χ0v) is 19.2. The van der Waals surface area contributed by atoms with Crippen LogP contribution in [0.3, 0.4) is 0 Å². The van der Waals surface area contributed by atoms with Crippen LogP contribution in [0.4, 0.5) is 0 Å². The van der Waals surface area contributed by atoms with Crippen molar-refractivity contribution < 1.29 is 14.3 Å². The molecule has 31 heavy (non-hydrogen) atoms. The molecule has 0 fully saturated rings. The summed E-state index contributed by atoms with van der Waals surface area (Å²) in [6.45, 7) is 4.73. The molecule has 1 atom stereocenters. The van der Waals surface area contributed by atoms with E-state index >= 15 is 0 Å². The van der Waals surface area contributed by atoms with E-state index in [0.29, 0.717) is 11.5 Å². The topological polar surface area (TPSA) is 38.8 Å². The average Bonchev–Trinajstić information content (AvgIpc) is 2.74. The van der Waals surface area contributed by atoms with E-state index in [0.717, 1.165) is 30.7 Å². The van der Waals surface area contributed by atoms with Gasteiger partial charge in [-0.2, -0.15) is 0 Å². The van der Waals surface area contributed by atoms with E-state index in [2.05, 4.69) is 43.3 Å². The van der Waals surface area contributed by atoms with Crippen LogP contribution >= 0.6 is 0 Å². The lowest BCUT2D eigenvalue weighted by molar-refractivity contribution is 0.0378. The Morgan fingerprint density at radius 3 is 2.65 bits per heavy atom. The maximum atomic E-state index is 12.3. The molecule has 0 radical (unpaired) electrons. The summed E-state index contributed by atoms with van der Waals surface area (Å²) >= 11 is 0. The van der Waals surface area contributed by atoms with Crippen molar-refractivity contribution in [2.75, 3.05) is 27.7 Å². The summed E-state index contributed by atoms with van der Waals surface area (Å²) in [5.74, 6) is 1.05. The van der Waals surface area contributed by atoms with Crippen LogP contribution < -0.4 is 4.74 Å². The van der Waals surface area contributed by atoms with Gasteiger partial charge in [0.05, 0.1) is 18.8 Å². The summed E-state index contributed by atoms with van der Waals surface area (Å²) in [7, 11) is 5.95. The van der Waals surface area contributed by atoms with Gasteiger partial charge in [-0.1, -0.05) is 36.4 Å². The second-order valence-corrected chi connectivity index (χ2v) is 8.63. The minimum atomic E-state index is -0.280. The molecule has 0 aliphatic heterocycles. The Bertz CT molecular complexity index is 972. The SMILES string of the molecule is COc1cccc(C2=C/C(=C/c3cccc(C(=O)OC(C)C)c3)CCC2CN(C)C)c1. The summed E-state index contributed by atoms with van der Waals surface area (Å²) in [4.78, 5) is 14.5. The Kier molecular flexibility index (Phi) is 7.69. The molecule has 0 saturated carbocycles. The molecule has 0 spiro atoms. The number of allylic oxidation sites excluding steroid dienone is 2. The third-order valence-electron chi connectivity index (χ3n) is 5.37. The predicted molar refractivity (Wildman–Crippen MR) is 127 cm³/mol. The number of hydrogen-bond donors (Lipinski definition) is 0. The molecule has 0 saturated heterocycles. The molecule has 4 nitrogen and oxygen atoms in total. The zero-order valence-electron chi connectivity index (χ0n) is 19.2. The van der Waals surface area contributed by atoms with Crippen molar-refractivity contribution in [2.24, 2.45) is 5.92 Å². The highest BCUT2D eigenvalue weighted by molar-refractivity contribution is 5.90. The molecule has 2 aromatic carbocycles. The number of rotatable bonds is 7. The number of methoxy groups -OCH3 is 1. The van der Waals surface area contributed by atoms with E-state index in [1.165, 1.54) is 16.7 Å². The summed E-state index contributed by atoms with van der Waals surface area (Å²) in [6.07, 6.45) is 6.45. The number of hydrogen-bond acceptors (Lipinski definition) is 4. The first-order chi connectivity index (χ1) is 14.9. The minimum Gasteiger partial charge on any atom is -0.497 e. The Labute approximate surface area is 186 Å². The first kappa shape index (κ1) is 22.8. The highest BCUT2D eigenvalue weighted by Gasteiger charge is 2.22. The number of ether oxygens (including phenoxy) is 2. The van der Waals surface area contributed by atoms with Crippen molar-refractivity contribution in [1.82, 2.24) is 4.90 Å². The second kappa shape index (κ2) is 10.5. The molecule has 0 amide bonds. The maximum absolute atomic E-state index is 12.3. The first-order valence-corrected chi connectivity index (χ1v) is 10.9. The van der Waals surface area contributed by atoms with Gasteiger partial charge in [-0.25, -0.2) is 4.79 Å². The Morgan fingerprint density at radius 2 is 1.94 bits per heavy atom. The van der Waals surface area contributed by atoms with Gasteiger partial charge in [-0.3, -0.25) is 0 Å². The largest absolute Gasteiger partial charge is 0.497 e. The third-order valence-corrected chi connectivity index (χ3v) is 5.37. The van der Waals surface area contributed by atoms with Crippen molar-refractivity contribution in [2.45, 2.75) is 32.8 Å². The predicted octanol–water partition coefficient (Wildman–Crippen LogP) is 5.70. The van der Waals surface area contributed by atoms with E-state index < -0.39 is 0 Å². The van der Waals surface area contributed by atoms with Gasteiger partial charge >= 0.3 is 5.97 Å². The molecule has 2 aromatic rings. The number of benzene rings is 2. The first-order valence-electron chi connectivity index (χ1n) is 10.9. The molecule has 0 aromatic heterocycles. The van der Waals surface area contributed by atoms with Crippen molar-refractivity contribution >= 4 is 17.6 Å². The molecule has 1 aliphatic carbocycles. The molecule has 1 aliphatic rings. The summed E-state index contributed by atoms with van der Waals surface area (Å²) in [5.41, 5.74) is 5.40. The quantitative estimate of drug-likeness (QED) is 0.540. The number of nitrogens with zero attached hydrogens (tertiary/aromatic N) is 1. The van der Waals surface area contributed by atoms with Gasteiger partial charge in [-0.05, 0) is 93.2 Å². The summed E-state index contributed by atoms with van der Waals surface area (Å²) in [5, 5.41) is 0.